The van der Waals surface area contributed by atoms with E-state index in [9.17, 15) is 9.90 Å². The van der Waals surface area contributed by atoms with Crippen LogP contribution in [0.5, 0.6) is 0 Å². The van der Waals surface area contributed by atoms with Gasteiger partial charge in [-0.15, -0.1) is 24.8 Å². The van der Waals surface area contributed by atoms with Gasteiger partial charge in [0.05, 0.1) is 11.7 Å². The Bertz CT molecular complexity index is 692. The molecular formula is C19H25Cl2N3O2. The first-order valence-electron chi connectivity index (χ1n) is 8.24. The summed E-state index contributed by atoms with van der Waals surface area (Å²) in [5.74, 6) is -0.0173. The average Bonchev–Trinajstić information content (AvgIpc) is 2.63. The largest absolute Gasteiger partial charge is 0.398 e. The fourth-order valence-corrected chi connectivity index (χ4v) is 3.02. The Morgan fingerprint density at radius 3 is 2.15 bits per heavy atom. The number of β-amino-alcohol motifs (C(OH)–C–C–N with tert-alkyl or cyclic N) is 1. The number of piperazine rings is 1. The fourth-order valence-electron chi connectivity index (χ4n) is 3.02. The minimum atomic E-state index is -0.502. The van der Waals surface area contributed by atoms with Crippen LogP contribution < -0.4 is 5.73 Å². The number of carbonyl (C=O) groups is 1. The van der Waals surface area contributed by atoms with Crippen LogP contribution in [0.25, 0.3) is 0 Å². The van der Waals surface area contributed by atoms with Crippen LogP contribution in [-0.4, -0.2) is 53.5 Å². The van der Waals surface area contributed by atoms with Crippen LogP contribution in [-0.2, 0) is 0 Å². The van der Waals surface area contributed by atoms with Crippen LogP contribution in [0, 0.1) is 0 Å². The summed E-state index contributed by atoms with van der Waals surface area (Å²) in [6.07, 6.45) is -0.502. The van der Waals surface area contributed by atoms with E-state index in [1.807, 2.05) is 47.4 Å². The quantitative estimate of drug-likeness (QED) is 0.777. The monoisotopic (exact) mass is 397 g/mol. The van der Waals surface area contributed by atoms with Crippen molar-refractivity contribution in [3.63, 3.8) is 0 Å². The van der Waals surface area contributed by atoms with Gasteiger partial charge in [-0.25, -0.2) is 0 Å². The molecule has 1 aliphatic rings. The number of hydrogen-bond donors (Lipinski definition) is 2. The number of hydrogen-bond acceptors (Lipinski definition) is 4. The summed E-state index contributed by atoms with van der Waals surface area (Å²) in [5.41, 5.74) is 7.90. The lowest BCUT2D eigenvalue weighted by Gasteiger charge is -2.35. The summed E-state index contributed by atoms with van der Waals surface area (Å²) >= 11 is 0. The van der Waals surface area contributed by atoms with Gasteiger partial charge in [-0.05, 0) is 17.7 Å². The Labute approximate surface area is 166 Å². The average molecular weight is 398 g/mol. The summed E-state index contributed by atoms with van der Waals surface area (Å²) < 4.78 is 0. The minimum absolute atomic E-state index is 0. The third-order valence-electron chi connectivity index (χ3n) is 4.47. The highest BCUT2D eigenvalue weighted by Crippen LogP contribution is 2.17. The maximum Gasteiger partial charge on any atom is 0.256 e. The molecule has 0 bridgehead atoms. The van der Waals surface area contributed by atoms with Gasteiger partial charge in [0.1, 0.15) is 0 Å². The van der Waals surface area contributed by atoms with Crippen LogP contribution in [0.2, 0.25) is 0 Å². The number of amides is 1. The second-order valence-corrected chi connectivity index (χ2v) is 6.11. The Morgan fingerprint density at radius 1 is 0.962 bits per heavy atom. The van der Waals surface area contributed by atoms with Gasteiger partial charge < -0.3 is 15.7 Å². The summed E-state index contributed by atoms with van der Waals surface area (Å²) in [4.78, 5) is 16.6. The third-order valence-corrected chi connectivity index (χ3v) is 4.47. The van der Waals surface area contributed by atoms with Gasteiger partial charge in [0.15, 0.2) is 0 Å². The molecule has 0 spiro atoms. The molecule has 1 unspecified atom stereocenters. The zero-order valence-electron chi connectivity index (χ0n) is 14.5. The zero-order chi connectivity index (χ0) is 16.9. The minimum Gasteiger partial charge on any atom is -0.398 e. The van der Waals surface area contributed by atoms with Crippen molar-refractivity contribution in [2.45, 2.75) is 6.10 Å². The number of anilines is 1. The van der Waals surface area contributed by atoms with Crippen LogP contribution >= 0.6 is 24.8 Å². The Morgan fingerprint density at radius 2 is 1.54 bits per heavy atom. The first-order chi connectivity index (χ1) is 11.6. The van der Waals surface area contributed by atoms with E-state index in [4.69, 9.17) is 5.73 Å². The Kier molecular flexibility index (Phi) is 8.88. The molecule has 1 fully saturated rings. The van der Waals surface area contributed by atoms with Crippen molar-refractivity contribution < 1.29 is 9.90 Å². The predicted octanol–water partition coefficient (Wildman–Crippen LogP) is 2.60. The van der Waals surface area contributed by atoms with Gasteiger partial charge in [0.2, 0.25) is 0 Å². The second kappa shape index (κ2) is 10.4. The number of halogens is 2. The second-order valence-electron chi connectivity index (χ2n) is 6.11. The molecule has 142 valence electrons. The predicted molar refractivity (Wildman–Crippen MR) is 109 cm³/mol. The van der Waals surface area contributed by atoms with Gasteiger partial charge in [-0.3, -0.25) is 9.69 Å². The van der Waals surface area contributed by atoms with Gasteiger partial charge in [-0.2, -0.15) is 0 Å². The molecular weight excluding hydrogens is 373 g/mol. The smallest absolute Gasteiger partial charge is 0.256 e. The van der Waals surface area contributed by atoms with Crippen LogP contribution in [0.1, 0.15) is 22.0 Å². The summed E-state index contributed by atoms with van der Waals surface area (Å²) in [5, 5.41) is 10.3. The molecule has 0 saturated carbocycles. The van der Waals surface area contributed by atoms with Crippen molar-refractivity contribution in [1.29, 1.82) is 0 Å². The number of nitrogens with two attached hydrogens (primary N) is 1. The molecule has 1 saturated heterocycles. The topological polar surface area (TPSA) is 69.8 Å². The van der Waals surface area contributed by atoms with Crippen molar-refractivity contribution in [2.75, 3.05) is 38.5 Å². The number of nitrogen functional groups attached to an aromatic ring is 1. The number of para-hydroxylation sites is 1. The molecule has 5 nitrogen and oxygen atoms in total. The maximum absolute atomic E-state index is 12.5. The number of nitrogens with zero attached hydrogens (tertiary/aromatic N) is 2. The van der Waals surface area contributed by atoms with Crippen LogP contribution in [0.15, 0.2) is 54.6 Å². The molecule has 0 aliphatic carbocycles. The lowest BCUT2D eigenvalue weighted by Crippen LogP contribution is -2.49. The normalized spacial score (nSPS) is 15.5. The van der Waals surface area contributed by atoms with Crippen molar-refractivity contribution in [3.8, 4) is 0 Å². The van der Waals surface area contributed by atoms with Gasteiger partial charge in [0.25, 0.3) is 5.91 Å². The van der Waals surface area contributed by atoms with Gasteiger partial charge in [0, 0.05) is 38.4 Å². The molecule has 3 N–H and O–H groups in total. The Balaban J connectivity index is 0.00000169. The lowest BCUT2D eigenvalue weighted by molar-refractivity contribution is 0.0528. The van der Waals surface area contributed by atoms with Crippen molar-refractivity contribution in [3.05, 3.63) is 65.7 Å². The first kappa shape index (κ1) is 22.3. The molecule has 1 heterocycles. The highest BCUT2D eigenvalue weighted by atomic mass is 35.5. The van der Waals surface area contributed by atoms with E-state index in [1.165, 1.54) is 0 Å². The van der Waals surface area contributed by atoms with E-state index in [-0.39, 0.29) is 30.7 Å². The van der Waals surface area contributed by atoms with E-state index in [0.29, 0.717) is 30.9 Å². The third kappa shape index (κ3) is 5.35. The molecule has 0 radical (unpaired) electrons. The molecule has 0 aromatic heterocycles. The van der Waals surface area contributed by atoms with Gasteiger partial charge in [-0.1, -0.05) is 42.5 Å². The fraction of sp³-hybridized carbons (Fsp3) is 0.316. The van der Waals surface area contributed by atoms with E-state index >= 15 is 0 Å². The first-order valence-corrected chi connectivity index (χ1v) is 8.24. The molecule has 1 aliphatic heterocycles. The molecule has 7 heteroatoms. The van der Waals surface area contributed by atoms with E-state index in [1.54, 1.807) is 12.1 Å². The molecule has 2 aromatic carbocycles. The van der Waals surface area contributed by atoms with Crippen molar-refractivity contribution in [1.82, 2.24) is 9.80 Å². The number of benzene rings is 2. The summed E-state index contributed by atoms with van der Waals surface area (Å²) in [6.45, 7) is 3.38. The summed E-state index contributed by atoms with van der Waals surface area (Å²) in [6, 6.07) is 16.8. The Hall–Kier alpha value is -1.79. The molecule has 26 heavy (non-hydrogen) atoms. The molecule has 2 aromatic rings. The molecule has 1 amide bonds. The SMILES string of the molecule is Cl.Cl.Nc1ccccc1C(=O)N1CCN(CC(O)c2ccccc2)CC1. The summed E-state index contributed by atoms with van der Waals surface area (Å²) in [7, 11) is 0. The zero-order valence-corrected chi connectivity index (χ0v) is 16.1. The highest BCUT2D eigenvalue weighted by molar-refractivity contribution is 5.99. The van der Waals surface area contributed by atoms with Crippen LogP contribution in [0.3, 0.4) is 0 Å². The number of carbonyl (C=O) groups excluding carboxylic acids is 1. The highest BCUT2D eigenvalue weighted by Gasteiger charge is 2.24. The van der Waals surface area contributed by atoms with E-state index in [0.717, 1.165) is 18.7 Å². The number of aliphatic hydroxyl groups excluding tert-OH is 1. The number of rotatable bonds is 4. The molecule has 1 atom stereocenters. The standard InChI is InChI=1S/C19H23N3O2.2ClH/c20-17-9-5-4-8-16(17)19(24)22-12-10-21(11-13-22)14-18(23)15-6-2-1-3-7-15;;/h1-9,18,23H,10-14,20H2;2*1H. The van der Waals surface area contributed by atoms with Crippen molar-refractivity contribution >= 4 is 36.4 Å². The van der Waals surface area contributed by atoms with E-state index < -0.39 is 6.10 Å². The van der Waals surface area contributed by atoms with Crippen LogP contribution in [0.4, 0.5) is 5.69 Å². The van der Waals surface area contributed by atoms with E-state index in [2.05, 4.69) is 4.90 Å². The lowest BCUT2D eigenvalue weighted by atomic mass is 10.1. The van der Waals surface area contributed by atoms with Gasteiger partial charge >= 0.3 is 0 Å². The van der Waals surface area contributed by atoms with Crippen molar-refractivity contribution in [2.24, 2.45) is 0 Å². The maximum atomic E-state index is 12.5. The molecule has 3 rings (SSSR count). The number of aliphatic hydroxyl groups is 1.